The lowest BCUT2D eigenvalue weighted by Crippen LogP contribution is -2.23. The van der Waals surface area contributed by atoms with E-state index in [4.69, 9.17) is 9.47 Å². The molecule has 0 heterocycles. The van der Waals surface area contributed by atoms with Crippen LogP contribution >= 0.6 is 0 Å². The normalized spacial score (nSPS) is 12.4. The van der Waals surface area contributed by atoms with Crippen LogP contribution in [0.1, 0.15) is 67.3 Å². The number of nitrogens with zero attached hydrogens (tertiary/aromatic N) is 2. The van der Waals surface area contributed by atoms with Gasteiger partial charge in [-0.25, -0.2) is 0 Å². The quantitative estimate of drug-likeness (QED) is 0.254. The second kappa shape index (κ2) is 16.2. The van der Waals surface area contributed by atoms with E-state index < -0.39 is 0 Å². The first-order valence-electron chi connectivity index (χ1n) is 14.9. The minimum absolute atomic E-state index is 0.408. The lowest BCUT2D eigenvalue weighted by molar-refractivity contribution is 0.332. The SMILES string of the molecule is CCCCN(C)CCc1ccc(CN(CC)c2cc(OC)c(OC)cc2C)cc1.Oc1ccc2c(c1)CCCC2. The van der Waals surface area contributed by atoms with E-state index in [1.165, 1.54) is 72.2 Å². The molecule has 1 N–H and O–H groups in total. The van der Waals surface area contributed by atoms with Crippen molar-refractivity contribution in [3.05, 3.63) is 82.4 Å². The Labute approximate surface area is 242 Å². The van der Waals surface area contributed by atoms with Gasteiger partial charge in [-0.05, 0) is 112 Å². The van der Waals surface area contributed by atoms with Crippen LogP contribution in [0.4, 0.5) is 5.69 Å². The minimum Gasteiger partial charge on any atom is -0.508 e. The number of fused-ring (bicyclic) bond motifs is 1. The summed E-state index contributed by atoms with van der Waals surface area (Å²) >= 11 is 0. The van der Waals surface area contributed by atoms with Crippen molar-refractivity contribution in [2.45, 2.75) is 72.3 Å². The second-order valence-corrected chi connectivity index (χ2v) is 10.9. The molecule has 218 valence electrons. The lowest BCUT2D eigenvalue weighted by atomic mass is 9.92. The molecule has 0 amide bonds. The van der Waals surface area contributed by atoms with Crippen molar-refractivity contribution < 1.29 is 14.6 Å². The average molecular weight is 547 g/mol. The molecule has 3 aromatic carbocycles. The predicted molar refractivity (Wildman–Crippen MR) is 168 cm³/mol. The molecule has 0 spiro atoms. The Kier molecular flexibility index (Phi) is 12.7. The average Bonchev–Trinajstić information content (AvgIpc) is 2.98. The molecule has 1 aliphatic carbocycles. The third kappa shape index (κ3) is 9.19. The number of phenols is 1. The number of likely N-dealkylation sites (N-methyl/N-ethyl adjacent to an activating group) is 1. The van der Waals surface area contributed by atoms with E-state index in [1.807, 2.05) is 12.1 Å². The summed E-state index contributed by atoms with van der Waals surface area (Å²) in [6, 6.07) is 18.9. The van der Waals surface area contributed by atoms with Crippen molar-refractivity contribution in [1.82, 2.24) is 4.90 Å². The summed E-state index contributed by atoms with van der Waals surface area (Å²) < 4.78 is 10.9. The van der Waals surface area contributed by atoms with Crippen molar-refractivity contribution in [3.8, 4) is 17.2 Å². The molecule has 0 saturated heterocycles. The first-order valence-corrected chi connectivity index (χ1v) is 14.9. The summed E-state index contributed by atoms with van der Waals surface area (Å²) in [6.07, 6.45) is 8.55. The smallest absolute Gasteiger partial charge is 0.162 e. The van der Waals surface area contributed by atoms with Gasteiger partial charge in [0.05, 0.1) is 14.2 Å². The number of ether oxygens (including phenoxy) is 2. The van der Waals surface area contributed by atoms with E-state index in [0.29, 0.717) is 5.75 Å². The van der Waals surface area contributed by atoms with Crippen LogP contribution < -0.4 is 14.4 Å². The Morgan fingerprint density at radius 1 is 0.800 bits per heavy atom. The summed E-state index contributed by atoms with van der Waals surface area (Å²) in [5, 5.41) is 9.19. The number of aromatic hydroxyl groups is 1. The number of methoxy groups -OCH3 is 2. The van der Waals surface area contributed by atoms with E-state index in [9.17, 15) is 5.11 Å². The molecular weight excluding hydrogens is 496 g/mol. The molecular formula is C35H50N2O3. The standard InChI is InChI=1S/C25H38N2O2.C10H12O/c1-7-9-15-26(4)16-14-21-10-12-22(13-11-21)19-27(8-2)23-18-25(29-6)24(28-5)17-20(23)3;11-10-6-5-8-3-1-2-4-9(8)7-10/h10-13,17-18H,7-9,14-16,19H2,1-6H3;5-7,11H,1-4H2. The molecule has 5 heteroatoms. The Morgan fingerprint density at radius 2 is 1.45 bits per heavy atom. The number of hydrogen-bond donors (Lipinski definition) is 1. The number of benzene rings is 3. The molecule has 4 rings (SSSR count). The summed E-state index contributed by atoms with van der Waals surface area (Å²) in [4.78, 5) is 4.81. The third-order valence-corrected chi connectivity index (χ3v) is 7.83. The first kappa shape index (κ1) is 31.3. The number of unbranched alkanes of at least 4 members (excludes halogenated alkanes) is 1. The van der Waals surface area contributed by atoms with E-state index in [-0.39, 0.29) is 0 Å². The maximum Gasteiger partial charge on any atom is 0.162 e. The highest BCUT2D eigenvalue weighted by molar-refractivity contribution is 5.62. The summed E-state index contributed by atoms with van der Waals surface area (Å²) in [7, 11) is 5.58. The van der Waals surface area contributed by atoms with Gasteiger partial charge in [0.15, 0.2) is 11.5 Å². The van der Waals surface area contributed by atoms with Crippen LogP contribution in [0, 0.1) is 6.92 Å². The third-order valence-electron chi connectivity index (χ3n) is 7.83. The number of aryl methyl sites for hydroxylation is 3. The number of rotatable bonds is 12. The Hall–Kier alpha value is -3.18. The molecule has 0 aliphatic heterocycles. The fourth-order valence-corrected chi connectivity index (χ4v) is 5.29. The highest BCUT2D eigenvalue weighted by Crippen LogP contribution is 2.35. The highest BCUT2D eigenvalue weighted by atomic mass is 16.5. The zero-order valence-corrected chi connectivity index (χ0v) is 25.6. The van der Waals surface area contributed by atoms with E-state index in [1.54, 1.807) is 20.3 Å². The molecule has 0 radical (unpaired) electrons. The number of anilines is 1. The maximum atomic E-state index is 9.19. The van der Waals surface area contributed by atoms with Crippen LogP contribution in [0.3, 0.4) is 0 Å². The minimum atomic E-state index is 0.408. The van der Waals surface area contributed by atoms with Gasteiger partial charge in [0.1, 0.15) is 5.75 Å². The van der Waals surface area contributed by atoms with Gasteiger partial charge < -0.3 is 24.4 Å². The Bertz CT molecular complexity index is 1180. The molecule has 3 aromatic rings. The zero-order chi connectivity index (χ0) is 28.9. The second-order valence-electron chi connectivity index (χ2n) is 10.9. The van der Waals surface area contributed by atoms with Crippen LogP contribution in [-0.2, 0) is 25.8 Å². The van der Waals surface area contributed by atoms with Gasteiger partial charge >= 0.3 is 0 Å². The molecule has 0 atom stereocenters. The van der Waals surface area contributed by atoms with Crippen LogP contribution in [-0.4, -0.2) is 50.9 Å². The molecule has 0 unspecified atom stereocenters. The first-order chi connectivity index (χ1) is 19.4. The molecule has 0 saturated carbocycles. The zero-order valence-electron chi connectivity index (χ0n) is 25.6. The van der Waals surface area contributed by atoms with Crippen molar-refractivity contribution in [3.63, 3.8) is 0 Å². The van der Waals surface area contributed by atoms with Gasteiger partial charge in [-0.15, -0.1) is 0 Å². The largest absolute Gasteiger partial charge is 0.508 e. The van der Waals surface area contributed by atoms with Gasteiger partial charge in [0.2, 0.25) is 0 Å². The Morgan fingerprint density at radius 3 is 2.10 bits per heavy atom. The van der Waals surface area contributed by atoms with Crippen LogP contribution in [0.25, 0.3) is 0 Å². The van der Waals surface area contributed by atoms with Gasteiger partial charge in [-0.1, -0.05) is 43.7 Å². The van der Waals surface area contributed by atoms with E-state index >= 15 is 0 Å². The van der Waals surface area contributed by atoms with E-state index in [2.05, 4.69) is 74.0 Å². The Balaban J connectivity index is 0.000000330. The van der Waals surface area contributed by atoms with E-state index in [0.717, 1.165) is 44.0 Å². The van der Waals surface area contributed by atoms with Gasteiger partial charge in [0.25, 0.3) is 0 Å². The van der Waals surface area contributed by atoms with Crippen molar-refractivity contribution in [2.75, 3.05) is 45.8 Å². The summed E-state index contributed by atoms with van der Waals surface area (Å²) in [5.41, 5.74) is 7.87. The number of phenolic OH excluding ortho intramolecular Hbond substituents is 1. The molecule has 0 bridgehead atoms. The molecule has 1 aliphatic rings. The van der Waals surface area contributed by atoms with Gasteiger partial charge in [-0.2, -0.15) is 0 Å². The van der Waals surface area contributed by atoms with Crippen LogP contribution in [0.15, 0.2) is 54.6 Å². The summed E-state index contributed by atoms with van der Waals surface area (Å²) in [5.74, 6) is 1.96. The fraction of sp³-hybridized carbons (Fsp3) is 0.486. The number of hydrogen-bond acceptors (Lipinski definition) is 5. The topological polar surface area (TPSA) is 45.2 Å². The van der Waals surface area contributed by atoms with Crippen LogP contribution in [0.5, 0.6) is 17.2 Å². The van der Waals surface area contributed by atoms with Gasteiger partial charge in [-0.3, -0.25) is 0 Å². The summed E-state index contributed by atoms with van der Waals surface area (Å²) in [6.45, 7) is 10.7. The predicted octanol–water partition coefficient (Wildman–Crippen LogP) is 7.58. The van der Waals surface area contributed by atoms with Crippen LogP contribution in [0.2, 0.25) is 0 Å². The molecule has 40 heavy (non-hydrogen) atoms. The lowest BCUT2D eigenvalue weighted by Gasteiger charge is -2.26. The monoisotopic (exact) mass is 546 g/mol. The van der Waals surface area contributed by atoms with Gasteiger partial charge in [0, 0.05) is 31.4 Å². The fourth-order valence-electron chi connectivity index (χ4n) is 5.29. The highest BCUT2D eigenvalue weighted by Gasteiger charge is 2.14. The van der Waals surface area contributed by atoms with Crippen molar-refractivity contribution >= 4 is 5.69 Å². The molecule has 0 aromatic heterocycles. The maximum absolute atomic E-state index is 9.19. The van der Waals surface area contributed by atoms with Crippen molar-refractivity contribution in [2.24, 2.45) is 0 Å². The molecule has 5 nitrogen and oxygen atoms in total. The van der Waals surface area contributed by atoms with Crippen molar-refractivity contribution in [1.29, 1.82) is 0 Å². The molecule has 0 fully saturated rings.